The van der Waals surface area contributed by atoms with Crippen LogP contribution in [-0.4, -0.2) is 24.3 Å². The van der Waals surface area contributed by atoms with Crippen LogP contribution in [0.4, 0.5) is 0 Å². The van der Waals surface area contributed by atoms with Crippen LogP contribution in [0.15, 0.2) is 74.2 Å². The molecule has 0 saturated carbocycles. The van der Waals surface area contributed by atoms with Crippen molar-refractivity contribution >= 4 is 29.5 Å². The highest BCUT2D eigenvalue weighted by molar-refractivity contribution is 7.07. The van der Waals surface area contributed by atoms with Crippen LogP contribution in [-0.2, 0) is 9.53 Å². The minimum atomic E-state index is -0.646. The van der Waals surface area contributed by atoms with E-state index in [2.05, 4.69) is 4.99 Å². The van der Waals surface area contributed by atoms with E-state index < -0.39 is 12.0 Å². The number of esters is 1. The highest BCUT2D eigenvalue weighted by atomic mass is 32.1. The zero-order valence-electron chi connectivity index (χ0n) is 17.9. The standard InChI is InChI=1S/C24H22N2O5S/c1-4-30-23(28)20-15(2)25-24-26(21(20)16-10-12-17(29-3)13-11-16)22(27)19(32-24)9-5-7-18-8-6-14-31-18/h5-14,21H,4H2,1-3H3/b7-5+,19-9+/t21-/m1/s1. The van der Waals surface area contributed by atoms with Crippen molar-refractivity contribution in [3.8, 4) is 5.75 Å². The lowest BCUT2D eigenvalue weighted by molar-refractivity contribution is -0.139. The summed E-state index contributed by atoms with van der Waals surface area (Å²) in [6.07, 6.45) is 6.84. The summed E-state index contributed by atoms with van der Waals surface area (Å²) >= 11 is 1.27. The number of thiazole rings is 1. The van der Waals surface area contributed by atoms with Gasteiger partial charge in [0, 0.05) is 0 Å². The molecule has 0 aliphatic carbocycles. The molecule has 0 bridgehead atoms. The Morgan fingerprint density at radius 3 is 2.72 bits per heavy atom. The number of fused-ring (bicyclic) bond motifs is 1. The lowest BCUT2D eigenvalue weighted by Gasteiger charge is -2.24. The van der Waals surface area contributed by atoms with Gasteiger partial charge in [-0.25, -0.2) is 9.79 Å². The van der Waals surface area contributed by atoms with Crippen LogP contribution in [0, 0.1) is 0 Å². The van der Waals surface area contributed by atoms with Gasteiger partial charge in [0.25, 0.3) is 5.56 Å². The Kier molecular flexibility index (Phi) is 6.23. The average Bonchev–Trinajstić information content (AvgIpc) is 3.41. The molecule has 3 aromatic rings. The Labute approximate surface area is 188 Å². The first-order valence-corrected chi connectivity index (χ1v) is 10.9. The van der Waals surface area contributed by atoms with E-state index in [4.69, 9.17) is 13.9 Å². The van der Waals surface area contributed by atoms with E-state index in [0.29, 0.717) is 32.1 Å². The third-order valence-corrected chi connectivity index (χ3v) is 6.00. The van der Waals surface area contributed by atoms with E-state index in [-0.39, 0.29) is 12.2 Å². The second-order valence-electron chi connectivity index (χ2n) is 6.97. The van der Waals surface area contributed by atoms with E-state index >= 15 is 0 Å². The van der Waals surface area contributed by atoms with Gasteiger partial charge in [-0.05, 0) is 55.8 Å². The molecule has 0 unspecified atom stereocenters. The second-order valence-corrected chi connectivity index (χ2v) is 7.98. The first-order chi connectivity index (χ1) is 15.5. The van der Waals surface area contributed by atoms with Crippen LogP contribution in [0.2, 0.25) is 0 Å². The fraction of sp³-hybridized carbons (Fsp3) is 0.208. The molecule has 0 saturated heterocycles. The SMILES string of the molecule is CCOC(=O)C1=C(C)N=c2s/c(=C/C=C/c3ccco3)c(=O)n2[C@@H]1c1ccc(OC)cc1. The van der Waals surface area contributed by atoms with Gasteiger partial charge in [-0.15, -0.1) is 0 Å². The van der Waals surface area contributed by atoms with Gasteiger partial charge < -0.3 is 13.9 Å². The average molecular weight is 451 g/mol. The summed E-state index contributed by atoms with van der Waals surface area (Å²) in [5, 5.41) is 0. The molecule has 1 atom stereocenters. The number of furan rings is 1. The third-order valence-electron chi connectivity index (χ3n) is 5.00. The number of methoxy groups -OCH3 is 1. The molecule has 32 heavy (non-hydrogen) atoms. The van der Waals surface area contributed by atoms with E-state index in [1.807, 2.05) is 18.2 Å². The summed E-state index contributed by atoms with van der Waals surface area (Å²) in [5.41, 5.74) is 1.42. The van der Waals surface area contributed by atoms with E-state index in [0.717, 1.165) is 5.56 Å². The molecular formula is C24H22N2O5S. The zero-order valence-corrected chi connectivity index (χ0v) is 18.7. The lowest BCUT2D eigenvalue weighted by Crippen LogP contribution is -2.39. The van der Waals surface area contributed by atoms with Crippen molar-refractivity contribution in [3.63, 3.8) is 0 Å². The highest BCUT2D eigenvalue weighted by Crippen LogP contribution is 2.31. The first-order valence-electron chi connectivity index (χ1n) is 10.1. The van der Waals surface area contributed by atoms with Crippen LogP contribution in [0.25, 0.3) is 12.2 Å². The molecule has 0 radical (unpaired) electrons. The Hall–Kier alpha value is -3.65. The number of carbonyl (C=O) groups is 1. The molecule has 7 nitrogen and oxygen atoms in total. The third kappa shape index (κ3) is 4.09. The predicted octanol–water partition coefficient (Wildman–Crippen LogP) is 3.07. The van der Waals surface area contributed by atoms with E-state index in [9.17, 15) is 9.59 Å². The van der Waals surface area contributed by atoms with Gasteiger partial charge in [-0.3, -0.25) is 9.36 Å². The Morgan fingerprint density at radius 1 is 1.28 bits per heavy atom. The molecule has 164 valence electrons. The van der Waals surface area contributed by atoms with Crippen LogP contribution < -0.4 is 19.6 Å². The van der Waals surface area contributed by atoms with Gasteiger partial charge in [-0.1, -0.05) is 29.5 Å². The summed E-state index contributed by atoms with van der Waals surface area (Å²) < 4.78 is 17.9. The molecule has 0 amide bonds. The Balaban J connectivity index is 1.86. The Bertz CT molecular complexity index is 1360. The number of rotatable bonds is 6. The number of aromatic nitrogens is 1. The largest absolute Gasteiger partial charge is 0.497 e. The predicted molar refractivity (Wildman–Crippen MR) is 122 cm³/mol. The van der Waals surface area contributed by atoms with Crippen LogP contribution >= 0.6 is 11.3 Å². The van der Waals surface area contributed by atoms with Crippen molar-refractivity contribution in [3.05, 3.63) is 91.0 Å². The summed E-state index contributed by atoms with van der Waals surface area (Å²) in [4.78, 5) is 31.3. The number of hydrogen-bond acceptors (Lipinski definition) is 7. The van der Waals surface area contributed by atoms with Gasteiger partial charge in [-0.2, -0.15) is 0 Å². The van der Waals surface area contributed by atoms with Crippen LogP contribution in [0.1, 0.15) is 31.2 Å². The van der Waals surface area contributed by atoms with Crippen molar-refractivity contribution in [2.75, 3.05) is 13.7 Å². The number of hydrogen-bond donors (Lipinski definition) is 0. The number of carbonyl (C=O) groups excluding carboxylic acids is 1. The molecule has 1 aromatic carbocycles. The number of nitrogens with zero attached hydrogens (tertiary/aromatic N) is 2. The monoisotopic (exact) mass is 450 g/mol. The fourth-order valence-corrected chi connectivity index (χ4v) is 4.52. The van der Waals surface area contributed by atoms with Gasteiger partial charge in [0.15, 0.2) is 4.80 Å². The highest BCUT2D eigenvalue weighted by Gasteiger charge is 2.33. The fourth-order valence-electron chi connectivity index (χ4n) is 3.52. The molecule has 1 aliphatic rings. The summed E-state index contributed by atoms with van der Waals surface area (Å²) in [7, 11) is 1.59. The van der Waals surface area contributed by atoms with Crippen LogP contribution in [0.3, 0.4) is 0 Å². The quantitative estimate of drug-likeness (QED) is 0.539. The second kappa shape index (κ2) is 9.23. The summed E-state index contributed by atoms with van der Waals surface area (Å²) in [6.45, 7) is 3.74. The molecule has 8 heteroatoms. The molecule has 0 N–H and O–H groups in total. The maximum Gasteiger partial charge on any atom is 0.338 e. The van der Waals surface area contributed by atoms with Crippen molar-refractivity contribution in [2.24, 2.45) is 4.99 Å². The lowest BCUT2D eigenvalue weighted by atomic mass is 9.96. The normalized spacial score (nSPS) is 16.2. The molecule has 0 spiro atoms. The molecule has 3 heterocycles. The summed E-state index contributed by atoms with van der Waals surface area (Å²) in [5.74, 6) is 0.884. The first kappa shape index (κ1) is 21.6. The minimum Gasteiger partial charge on any atom is -0.497 e. The number of ether oxygens (including phenoxy) is 2. The summed E-state index contributed by atoms with van der Waals surface area (Å²) in [6, 6.07) is 10.3. The van der Waals surface area contributed by atoms with Crippen molar-refractivity contribution in [1.82, 2.24) is 4.57 Å². The molecule has 2 aromatic heterocycles. The maximum atomic E-state index is 13.4. The van der Waals surface area contributed by atoms with Gasteiger partial charge in [0.1, 0.15) is 11.5 Å². The minimum absolute atomic E-state index is 0.229. The van der Waals surface area contributed by atoms with E-state index in [1.54, 1.807) is 68.2 Å². The molecule has 4 rings (SSSR count). The van der Waals surface area contributed by atoms with Gasteiger partial charge in [0.2, 0.25) is 0 Å². The number of allylic oxidation sites excluding steroid dienone is 2. The van der Waals surface area contributed by atoms with E-state index in [1.165, 1.54) is 11.3 Å². The van der Waals surface area contributed by atoms with Gasteiger partial charge in [0.05, 0.1) is 41.8 Å². The zero-order chi connectivity index (χ0) is 22.7. The van der Waals surface area contributed by atoms with Crippen molar-refractivity contribution in [2.45, 2.75) is 19.9 Å². The molecule has 1 aliphatic heterocycles. The smallest absolute Gasteiger partial charge is 0.338 e. The maximum absolute atomic E-state index is 13.4. The van der Waals surface area contributed by atoms with Crippen LogP contribution in [0.5, 0.6) is 5.75 Å². The van der Waals surface area contributed by atoms with Crippen molar-refractivity contribution in [1.29, 1.82) is 0 Å². The molecular weight excluding hydrogens is 428 g/mol. The number of benzene rings is 1. The topological polar surface area (TPSA) is 83.0 Å². The Morgan fingerprint density at radius 2 is 2.06 bits per heavy atom. The van der Waals surface area contributed by atoms with Crippen molar-refractivity contribution < 1.29 is 18.7 Å². The molecule has 0 fully saturated rings. The van der Waals surface area contributed by atoms with Gasteiger partial charge >= 0.3 is 5.97 Å².